The lowest BCUT2D eigenvalue weighted by atomic mass is 10.2. The van der Waals surface area contributed by atoms with Crippen LogP contribution in [-0.2, 0) is 7.05 Å². The highest BCUT2D eigenvalue weighted by Crippen LogP contribution is 2.29. The third kappa shape index (κ3) is 3.51. The standard InChI is InChI=1S/C20H22N2O3S/c1-12(2)25-15-9-7-14(8-10-15)19(23)21-20-22(4)17-16(24-5)11-6-13(3)18(17)26-20/h6-12H,1-5H3. The van der Waals surface area contributed by atoms with Crippen LogP contribution < -0.4 is 14.3 Å². The van der Waals surface area contributed by atoms with Crippen LogP contribution in [0.3, 0.4) is 0 Å². The molecule has 0 N–H and O–H groups in total. The van der Waals surface area contributed by atoms with Gasteiger partial charge in [0.1, 0.15) is 17.0 Å². The summed E-state index contributed by atoms with van der Waals surface area (Å²) in [5.41, 5.74) is 2.61. The molecule has 3 rings (SSSR count). The van der Waals surface area contributed by atoms with Gasteiger partial charge in [0.05, 0.1) is 17.9 Å². The van der Waals surface area contributed by atoms with Crippen LogP contribution in [0.5, 0.6) is 11.5 Å². The summed E-state index contributed by atoms with van der Waals surface area (Å²) in [5.74, 6) is 1.23. The zero-order chi connectivity index (χ0) is 18.8. The number of fused-ring (bicyclic) bond motifs is 1. The predicted molar refractivity (Wildman–Crippen MR) is 104 cm³/mol. The van der Waals surface area contributed by atoms with E-state index in [1.807, 2.05) is 44.5 Å². The Bertz CT molecular complexity index is 1010. The van der Waals surface area contributed by atoms with E-state index in [0.717, 1.165) is 27.3 Å². The number of aryl methyl sites for hydroxylation is 2. The number of rotatable bonds is 4. The van der Waals surface area contributed by atoms with E-state index in [4.69, 9.17) is 9.47 Å². The van der Waals surface area contributed by atoms with Gasteiger partial charge < -0.3 is 14.0 Å². The molecule has 3 aromatic rings. The Kier molecular flexibility index (Phi) is 5.13. The smallest absolute Gasteiger partial charge is 0.279 e. The van der Waals surface area contributed by atoms with Gasteiger partial charge in [0.25, 0.3) is 5.91 Å². The Morgan fingerprint density at radius 1 is 1.15 bits per heavy atom. The molecule has 0 atom stereocenters. The van der Waals surface area contributed by atoms with Crippen LogP contribution in [0, 0.1) is 6.92 Å². The Labute approximate surface area is 156 Å². The molecule has 0 radical (unpaired) electrons. The summed E-state index contributed by atoms with van der Waals surface area (Å²) in [5, 5.41) is 0. The highest BCUT2D eigenvalue weighted by molar-refractivity contribution is 7.16. The number of methoxy groups -OCH3 is 1. The summed E-state index contributed by atoms with van der Waals surface area (Å²) in [7, 11) is 3.54. The normalized spacial score (nSPS) is 12.0. The number of amides is 1. The molecule has 0 aliphatic carbocycles. The number of benzene rings is 2. The van der Waals surface area contributed by atoms with Crippen molar-refractivity contribution < 1.29 is 14.3 Å². The minimum Gasteiger partial charge on any atom is -0.495 e. The van der Waals surface area contributed by atoms with E-state index in [9.17, 15) is 4.79 Å². The number of carbonyl (C=O) groups excluding carboxylic acids is 1. The van der Waals surface area contributed by atoms with Gasteiger partial charge >= 0.3 is 0 Å². The van der Waals surface area contributed by atoms with E-state index in [0.29, 0.717) is 10.4 Å². The molecular formula is C20H22N2O3S. The molecular weight excluding hydrogens is 348 g/mol. The van der Waals surface area contributed by atoms with E-state index in [-0.39, 0.29) is 12.0 Å². The second kappa shape index (κ2) is 7.33. The fraction of sp³-hybridized carbons (Fsp3) is 0.300. The summed E-state index contributed by atoms with van der Waals surface area (Å²) in [4.78, 5) is 17.5. The Morgan fingerprint density at radius 3 is 2.46 bits per heavy atom. The zero-order valence-electron chi connectivity index (χ0n) is 15.6. The van der Waals surface area contributed by atoms with Gasteiger partial charge in [0.2, 0.25) is 0 Å². The van der Waals surface area contributed by atoms with Crippen molar-refractivity contribution in [2.75, 3.05) is 7.11 Å². The monoisotopic (exact) mass is 370 g/mol. The topological polar surface area (TPSA) is 52.8 Å². The van der Waals surface area contributed by atoms with Crippen molar-refractivity contribution in [2.45, 2.75) is 26.9 Å². The quantitative estimate of drug-likeness (QED) is 0.695. The van der Waals surface area contributed by atoms with E-state index in [1.165, 1.54) is 11.3 Å². The van der Waals surface area contributed by atoms with Gasteiger partial charge in [-0.1, -0.05) is 17.4 Å². The van der Waals surface area contributed by atoms with Crippen LogP contribution in [0.1, 0.15) is 29.8 Å². The third-order valence-corrected chi connectivity index (χ3v) is 5.26. The Morgan fingerprint density at radius 2 is 1.85 bits per heavy atom. The lowest BCUT2D eigenvalue weighted by Crippen LogP contribution is -2.13. The number of aromatic nitrogens is 1. The average Bonchev–Trinajstić information content (AvgIpc) is 2.93. The van der Waals surface area contributed by atoms with Crippen LogP contribution in [-0.4, -0.2) is 23.7 Å². The number of ether oxygens (including phenoxy) is 2. The highest BCUT2D eigenvalue weighted by Gasteiger charge is 2.12. The van der Waals surface area contributed by atoms with E-state index >= 15 is 0 Å². The molecule has 2 aromatic carbocycles. The molecule has 0 fully saturated rings. The van der Waals surface area contributed by atoms with Gasteiger partial charge in [0, 0.05) is 12.6 Å². The van der Waals surface area contributed by atoms with Gasteiger partial charge in [-0.05, 0) is 56.7 Å². The maximum Gasteiger partial charge on any atom is 0.279 e. The molecule has 5 nitrogen and oxygen atoms in total. The SMILES string of the molecule is COc1ccc(C)c2sc(=NC(=O)c3ccc(OC(C)C)cc3)n(C)c12. The first-order valence-corrected chi connectivity index (χ1v) is 9.21. The Hall–Kier alpha value is -2.60. The third-order valence-electron chi connectivity index (χ3n) is 4.00. The zero-order valence-corrected chi connectivity index (χ0v) is 16.4. The number of carbonyl (C=O) groups is 1. The maximum atomic E-state index is 12.6. The molecule has 0 aliphatic rings. The summed E-state index contributed by atoms with van der Waals surface area (Å²) in [6.45, 7) is 5.97. The highest BCUT2D eigenvalue weighted by atomic mass is 32.1. The first kappa shape index (κ1) is 18.2. The van der Waals surface area contributed by atoms with Crippen molar-refractivity contribution in [3.05, 3.63) is 52.3 Å². The Balaban J connectivity index is 2.00. The molecule has 0 aliphatic heterocycles. The average molecular weight is 370 g/mol. The van der Waals surface area contributed by atoms with Crippen molar-refractivity contribution in [1.82, 2.24) is 4.57 Å². The first-order chi connectivity index (χ1) is 12.4. The number of hydrogen-bond donors (Lipinski definition) is 0. The summed E-state index contributed by atoms with van der Waals surface area (Å²) in [6, 6.07) is 11.0. The molecule has 0 spiro atoms. The van der Waals surface area contributed by atoms with Crippen molar-refractivity contribution in [1.29, 1.82) is 0 Å². The maximum absolute atomic E-state index is 12.6. The van der Waals surface area contributed by atoms with Gasteiger partial charge in [-0.2, -0.15) is 4.99 Å². The van der Waals surface area contributed by atoms with Crippen LogP contribution in [0.25, 0.3) is 10.2 Å². The minimum atomic E-state index is -0.278. The van der Waals surface area contributed by atoms with E-state index in [2.05, 4.69) is 4.99 Å². The second-order valence-corrected chi connectivity index (χ2v) is 7.29. The van der Waals surface area contributed by atoms with Gasteiger partial charge in [-0.15, -0.1) is 0 Å². The van der Waals surface area contributed by atoms with Crippen molar-refractivity contribution in [3.8, 4) is 11.5 Å². The minimum absolute atomic E-state index is 0.0945. The molecule has 6 heteroatoms. The number of nitrogens with zero attached hydrogens (tertiary/aromatic N) is 2. The molecule has 0 bridgehead atoms. The summed E-state index contributed by atoms with van der Waals surface area (Å²) in [6.07, 6.45) is 0.0945. The molecule has 1 amide bonds. The van der Waals surface area contributed by atoms with Crippen molar-refractivity contribution in [3.63, 3.8) is 0 Å². The van der Waals surface area contributed by atoms with Gasteiger partial charge in [-0.3, -0.25) is 4.79 Å². The van der Waals surface area contributed by atoms with E-state index in [1.54, 1.807) is 31.4 Å². The molecule has 0 saturated heterocycles. The number of hydrogen-bond acceptors (Lipinski definition) is 4. The fourth-order valence-electron chi connectivity index (χ4n) is 2.72. The number of thiazole rings is 1. The van der Waals surface area contributed by atoms with Crippen LogP contribution in [0.4, 0.5) is 0 Å². The molecule has 1 aromatic heterocycles. The van der Waals surface area contributed by atoms with Crippen LogP contribution >= 0.6 is 11.3 Å². The molecule has 1 heterocycles. The van der Waals surface area contributed by atoms with Gasteiger partial charge in [-0.25, -0.2) is 0 Å². The van der Waals surface area contributed by atoms with Gasteiger partial charge in [0.15, 0.2) is 4.80 Å². The first-order valence-electron chi connectivity index (χ1n) is 8.39. The largest absolute Gasteiger partial charge is 0.495 e. The molecule has 0 unspecified atom stereocenters. The fourth-order valence-corrected chi connectivity index (χ4v) is 3.82. The predicted octanol–water partition coefficient (Wildman–Crippen LogP) is 4.09. The van der Waals surface area contributed by atoms with E-state index < -0.39 is 0 Å². The lowest BCUT2D eigenvalue weighted by Gasteiger charge is -2.09. The van der Waals surface area contributed by atoms with Crippen molar-refractivity contribution >= 4 is 27.5 Å². The summed E-state index contributed by atoms with van der Waals surface area (Å²) < 4.78 is 14.0. The molecule has 26 heavy (non-hydrogen) atoms. The molecule has 136 valence electrons. The second-order valence-electron chi connectivity index (χ2n) is 6.31. The summed E-state index contributed by atoms with van der Waals surface area (Å²) >= 11 is 1.49. The van der Waals surface area contributed by atoms with Crippen LogP contribution in [0.15, 0.2) is 41.4 Å². The lowest BCUT2D eigenvalue weighted by molar-refractivity contribution is 0.0998. The van der Waals surface area contributed by atoms with Crippen molar-refractivity contribution in [2.24, 2.45) is 12.0 Å². The van der Waals surface area contributed by atoms with Crippen LogP contribution in [0.2, 0.25) is 0 Å². The molecule has 0 saturated carbocycles.